The van der Waals surface area contributed by atoms with Crippen LogP contribution in [0.3, 0.4) is 0 Å². The molecule has 0 aromatic rings. The van der Waals surface area contributed by atoms with E-state index in [4.69, 9.17) is 4.74 Å². The Labute approximate surface area is 69.5 Å². The predicted molar refractivity (Wildman–Crippen MR) is 46.7 cm³/mol. The number of hydrogen-bond donors (Lipinski definition) is 0. The molecule has 2 nitrogen and oxygen atoms in total. The van der Waals surface area contributed by atoms with Crippen LogP contribution in [0.4, 0.5) is 0 Å². The molecule has 0 radical (unpaired) electrons. The monoisotopic (exact) mass is 157 g/mol. The fourth-order valence-electron chi connectivity index (χ4n) is 1.79. The van der Waals surface area contributed by atoms with Crippen molar-refractivity contribution in [3.63, 3.8) is 0 Å². The molecule has 0 saturated carbocycles. The van der Waals surface area contributed by atoms with Crippen molar-refractivity contribution in [2.24, 2.45) is 0 Å². The summed E-state index contributed by atoms with van der Waals surface area (Å²) in [5, 5.41) is 0. The van der Waals surface area contributed by atoms with Crippen LogP contribution in [-0.2, 0) is 4.74 Å². The van der Waals surface area contributed by atoms with Gasteiger partial charge in [-0.1, -0.05) is 0 Å². The molecule has 2 heteroatoms. The van der Waals surface area contributed by atoms with E-state index in [9.17, 15) is 0 Å². The van der Waals surface area contributed by atoms with Gasteiger partial charge in [0.1, 0.15) is 0 Å². The lowest BCUT2D eigenvalue weighted by atomic mass is 9.99. The second-order valence-corrected chi connectivity index (χ2v) is 3.85. The minimum absolute atomic E-state index is 0.436. The molecule has 66 valence electrons. The highest BCUT2D eigenvalue weighted by Gasteiger charge is 2.25. The van der Waals surface area contributed by atoms with Crippen molar-refractivity contribution >= 4 is 0 Å². The molecule has 1 fully saturated rings. The third-order valence-corrected chi connectivity index (χ3v) is 2.40. The second kappa shape index (κ2) is 3.55. The van der Waals surface area contributed by atoms with E-state index in [2.05, 4.69) is 32.8 Å². The van der Waals surface area contributed by atoms with Crippen LogP contribution in [0.15, 0.2) is 0 Å². The fraction of sp³-hybridized carbons (Fsp3) is 1.00. The largest absolute Gasteiger partial charge is 0.375 e. The van der Waals surface area contributed by atoms with Gasteiger partial charge in [0.05, 0.1) is 12.2 Å². The third kappa shape index (κ3) is 2.46. The summed E-state index contributed by atoms with van der Waals surface area (Å²) >= 11 is 0. The zero-order chi connectivity index (χ0) is 8.43. The molecule has 0 aliphatic carbocycles. The van der Waals surface area contributed by atoms with Crippen LogP contribution >= 0.6 is 0 Å². The Kier molecular flexibility index (Phi) is 2.90. The van der Waals surface area contributed by atoms with E-state index in [-0.39, 0.29) is 0 Å². The maximum Gasteiger partial charge on any atom is 0.0565 e. The highest BCUT2D eigenvalue weighted by atomic mass is 16.5. The molecule has 0 N–H and O–H groups in total. The van der Waals surface area contributed by atoms with Gasteiger partial charge in [-0.05, 0) is 40.8 Å². The van der Waals surface area contributed by atoms with Crippen molar-refractivity contribution in [3.05, 3.63) is 0 Å². The van der Waals surface area contributed by atoms with E-state index in [1.54, 1.807) is 0 Å². The standard InChI is InChI=1S/C9H19NO/c1-7-5-9(10(3)4)6-8(2)11-7/h7-9H,5-6H2,1-4H3/t7-,8?,9?/m0/s1. The Balaban J connectivity index is 2.43. The van der Waals surface area contributed by atoms with Crippen LogP contribution in [0.5, 0.6) is 0 Å². The number of nitrogens with zero attached hydrogens (tertiary/aromatic N) is 1. The summed E-state index contributed by atoms with van der Waals surface area (Å²) in [6, 6.07) is 0.716. The lowest BCUT2D eigenvalue weighted by Crippen LogP contribution is -2.40. The fourth-order valence-corrected chi connectivity index (χ4v) is 1.79. The lowest BCUT2D eigenvalue weighted by Gasteiger charge is -2.35. The molecule has 2 unspecified atom stereocenters. The predicted octanol–water partition coefficient (Wildman–Crippen LogP) is 1.50. The van der Waals surface area contributed by atoms with Crippen molar-refractivity contribution < 1.29 is 4.74 Å². The lowest BCUT2D eigenvalue weighted by molar-refractivity contribution is -0.0578. The van der Waals surface area contributed by atoms with Gasteiger partial charge in [-0.3, -0.25) is 0 Å². The van der Waals surface area contributed by atoms with E-state index in [0.29, 0.717) is 18.2 Å². The Morgan fingerprint density at radius 1 is 1.09 bits per heavy atom. The first-order valence-corrected chi connectivity index (χ1v) is 4.41. The maximum absolute atomic E-state index is 5.64. The van der Waals surface area contributed by atoms with Gasteiger partial charge in [-0.15, -0.1) is 0 Å². The van der Waals surface area contributed by atoms with Gasteiger partial charge in [0, 0.05) is 6.04 Å². The first-order chi connectivity index (χ1) is 5.09. The number of ether oxygens (including phenoxy) is 1. The normalized spacial score (nSPS) is 39.5. The highest BCUT2D eigenvalue weighted by Crippen LogP contribution is 2.21. The topological polar surface area (TPSA) is 12.5 Å². The molecule has 1 aliphatic heterocycles. The molecule has 1 aliphatic rings. The molecular weight excluding hydrogens is 138 g/mol. The summed E-state index contributed by atoms with van der Waals surface area (Å²) in [7, 11) is 4.30. The first kappa shape index (κ1) is 9.01. The zero-order valence-corrected chi connectivity index (χ0v) is 8.00. The maximum atomic E-state index is 5.64. The van der Waals surface area contributed by atoms with Crippen LogP contribution in [0.1, 0.15) is 26.7 Å². The summed E-state index contributed by atoms with van der Waals surface area (Å²) in [4.78, 5) is 2.30. The van der Waals surface area contributed by atoms with Gasteiger partial charge in [0.2, 0.25) is 0 Å². The molecule has 11 heavy (non-hydrogen) atoms. The summed E-state index contributed by atoms with van der Waals surface area (Å²) in [6.45, 7) is 4.32. The molecule has 3 atom stereocenters. The van der Waals surface area contributed by atoms with Crippen molar-refractivity contribution in [3.8, 4) is 0 Å². The van der Waals surface area contributed by atoms with Gasteiger partial charge in [-0.2, -0.15) is 0 Å². The molecule has 0 bridgehead atoms. The summed E-state index contributed by atoms with van der Waals surface area (Å²) in [5.74, 6) is 0. The van der Waals surface area contributed by atoms with Crippen molar-refractivity contribution in [2.75, 3.05) is 14.1 Å². The quantitative estimate of drug-likeness (QED) is 0.572. The van der Waals surface area contributed by atoms with Gasteiger partial charge in [-0.25, -0.2) is 0 Å². The number of rotatable bonds is 1. The highest BCUT2D eigenvalue weighted by molar-refractivity contribution is 4.77. The van der Waals surface area contributed by atoms with Crippen LogP contribution in [0.2, 0.25) is 0 Å². The average molecular weight is 157 g/mol. The van der Waals surface area contributed by atoms with Gasteiger partial charge in [0.15, 0.2) is 0 Å². The molecule has 0 aromatic carbocycles. The summed E-state index contributed by atoms with van der Waals surface area (Å²) in [6.07, 6.45) is 3.23. The summed E-state index contributed by atoms with van der Waals surface area (Å²) in [5.41, 5.74) is 0. The van der Waals surface area contributed by atoms with E-state index in [1.165, 1.54) is 12.8 Å². The summed E-state index contributed by atoms with van der Waals surface area (Å²) < 4.78 is 5.64. The number of hydrogen-bond acceptors (Lipinski definition) is 2. The van der Waals surface area contributed by atoms with E-state index >= 15 is 0 Å². The zero-order valence-electron chi connectivity index (χ0n) is 8.00. The Morgan fingerprint density at radius 2 is 1.55 bits per heavy atom. The van der Waals surface area contributed by atoms with E-state index < -0.39 is 0 Å². The Hall–Kier alpha value is -0.0800. The molecule has 0 aromatic heterocycles. The minimum Gasteiger partial charge on any atom is -0.375 e. The van der Waals surface area contributed by atoms with E-state index in [1.807, 2.05) is 0 Å². The SMILES string of the molecule is CC1CC(N(C)C)C[C@H](C)O1. The van der Waals surface area contributed by atoms with Crippen LogP contribution in [-0.4, -0.2) is 37.2 Å². The Bertz CT molecular complexity index is 115. The van der Waals surface area contributed by atoms with Crippen molar-refractivity contribution in [1.29, 1.82) is 0 Å². The third-order valence-electron chi connectivity index (χ3n) is 2.40. The molecule has 1 heterocycles. The molecule has 1 saturated heterocycles. The smallest absolute Gasteiger partial charge is 0.0565 e. The molecule has 1 rings (SSSR count). The second-order valence-electron chi connectivity index (χ2n) is 3.85. The van der Waals surface area contributed by atoms with Crippen molar-refractivity contribution in [2.45, 2.75) is 44.9 Å². The van der Waals surface area contributed by atoms with Gasteiger partial charge < -0.3 is 9.64 Å². The molecule has 0 amide bonds. The minimum atomic E-state index is 0.436. The first-order valence-electron chi connectivity index (χ1n) is 4.41. The van der Waals surface area contributed by atoms with Crippen LogP contribution in [0.25, 0.3) is 0 Å². The van der Waals surface area contributed by atoms with Gasteiger partial charge >= 0.3 is 0 Å². The molecular formula is C9H19NO. The average Bonchev–Trinajstić information content (AvgIpc) is 1.85. The van der Waals surface area contributed by atoms with Gasteiger partial charge in [0.25, 0.3) is 0 Å². The van der Waals surface area contributed by atoms with E-state index in [0.717, 1.165) is 0 Å². The van der Waals surface area contributed by atoms with Crippen LogP contribution < -0.4 is 0 Å². The Morgan fingerprint density at radius 3 is 1.91 bits per heavy atom. The van der Waals surface area contributed by atoms with Crippen LogP contribution in [0, 0.1) is 0 Å². The molecule has 0 spiro atoms. The van der Waals surface area contributed by atoms with Crippen molar-refractivity contribution in [1.82, 2.24) is 4.90 Å².